The Hall–Kier alpha value is -3.63. The Morgan fingerprint density at radius 2 is 1.82 bits per heavy atom. The van der Waals surface area contributed by atoms with Gasteiger partial charge in [0.05, 0.1) is 18.4 Å². The Labute approximate surface area is 223 Å². The number of hydrogen-bond acceptors (Lipinski definition) is 6. The number of nitrogens with zero attached hydrogens (tertiary/aromatic N) is 4. The summed E-state index contributed by atoms with van der Waals surface area (Å²) in [5, 5.41) is 9.56. The number of benzene rings is 2. The van der Waals surface area contributed by atoms with Crippen LogP contribution in [0.3, 0.4) is 0 Å². The van der Waals surface area contributed by atoms with Gasteiger partial charge in [0, 0.05) is 36.7 Å². The van der Waals surface area contributed by atoms with Gasteiger partial charge in [-0.2, -0.15) is 18.2 Å². The van der Waals surface area contributed by atoms with Gasteiger partial charge >= 0.3 is 6.18 Å². The largest absolute Gasteiger partial charge is 0.401 e. The quantitative estimate of drug-likeness (QED) is 0.234. The van der Waals surface area contributed by atoms with Crippen LogP contribution in [0.2, 0.25) is 5.02 Å². The molecule has 1 atom stereocenters. The van der Waals surface area contributed by atoms with Crippen LogP contribution in [0.1, 0.15) is 24.0 Å². The molecule has 198 valence electrons. The highest BCUT2D eigenvalue weighted by Crippen LogP contribution is 2.32. The van der Waals surface area contributed by atoms with Gasteiger partial charge in [0.1, 0.15) is 10.8 Å². The third-order valence-electron chi connectivity index (χ3n) is 6.56. The molecule has 38 heavy (non-hydrogen) atoms. The number of nitrogens with one attached hydrogen (secondary N) is 3. The predicted octanol–water partition coefficient (Wildman–Crippen LogP) is 6.42. The third kappa shape index (κ3) is 6.25. The zero-order chi connectivity index (χ0) is 26.7. The van der Waals surface area contributed by atoms with E-state index in [1.807, 2.05) is 60.3 Å². The molecule has 0 aliphatic heterocycles. The van der Waals surface area contributed by atoms with Crippen LogP contribution < -0.4 is 16.0 Å². The highest BCUT2D eigenvalue weighted by molar-refractivity contribution is 6.33. The minimum absolute atomic E-state index is 0.165. The molecule has 0 bridgehead atoms. The molecule has 0 saturated heterocycles. The molecule has 1 unspecified atom stereocenters. The van der Waals surface area contributed by atoms with Crippen LogP contribution in [0.25, 0.3) is 11.4 Å². The van der Waals surface area contributed by atoms with Crippen molar-refractivity contribution in [1.82, 2.24) is 24.8 Å². The number of rotatable bonds is 7. The molecule has 2 aromatic carbocycles. The molecule has 5 rings (SSSR count). The monoisotopic (exact) mass is 541 g/mol. The number of aromatic nitrogens is 4. The van der Waals surface area contributed by atoms with Crippen LogP contribution in [0.4, 0.5) is 36.3 Å². The fourth-order valence-corrected chi connectivity index (χ4v) is 4.77. The van der Waals surface area contributed by atoms with Crippen molar-refractivity contribution >= 4 is 34.7 Å². The lowest BCUT2D eigenvalue weighted by Crippen LogP contribution is -2.37. The number of para-hydroxylation sites is 1. The van der Waals surface area contributed by atoms with E-state index >= 15 is 0 Å². The minimum Gasteiger partial charge on any atom is -0.338 e. The van der Waals surface area contributed by atoms with Gasteiger partial charge in [0.25, 0.3) is 0 Å². The molecular weight excluding hydrogens is 515 g/mol. The van der Waals surface area contributed by atoms with Gasteiger partial charge in [-0.3, -0.25) is 0 Å². The Balaban J connectivity index is 1.31. The summed E-state index contributed by atoms with van der Waals surface area (Å²) in [4.78, 5) is 13.4. The van der Waals surface area contributed by atoms with E-state index in [0.29, 0.717) is 36.1 Å². The fraction of sp³-hybridized carbons (Fsp3) is 0.296. The predicted molar refractivity (Wildman–Crippen MR) is 143 cm³/mol. The van der Waals surface area contributed by atoms with Crippen LogP contribution >= 0.6 is 11.6 Å². The van der Waals surface area contributed by atoms with E-state index < -0.39 is 12.7 Å². The maximum atomic E-state index is 12.6. The third-order valence-corrected chi connectivity index (χ3v) is 6.84. The lowest BCUT2D eigenvalue weighted by Gasteiger charge is -2.17. The molecule has 0 fully saturated rings. The van der Waals surface area contributed by atoms with Crippen LogP contribution in [0.15, 0.2) is 61.1 Å². The van der Waals surface area contributed by atoms with Crippen LogP contribution in [-0.2, 0) is 19.9 Å². The number of halogens is 4. The first kappa shape index (κ1) is 26.0. The fourth-order valence-electron chi connectivity index (χ4n) is 4.63. The summed E-state index contributed by atoms with van der Waals surface area (Å²) in [6.07, 6.45) is 3.69. The van der Waals surface area contributed by atoms with Gasteiger partial charge in [0.15, 0.2) is 5.82 Å². The Morgan fingerprint density at radius 3 is 2.58 bits per heavy atom. The molecule has 1 aliphatic rings. The van der Waals surface area contributed by atoms with Gasteiger partial charge in [-0.25, -0.2) is 9.97 Å². The van der Waals surface area contributed by atoms with E-state index in [-0.39, 0.29) is 6.04 Å². The molecule has 11 heteroatoms. The molecule has 0 radical (unpaired) electrons. The molecule has 1 aliphatic carbocycles. The summed E-state index contributed by atoms with van der Waals surface area (Å²) in [5.74, 6) is 1.61. The Kier molecular flexibility index (Phi) is 7.53. The minimum atomic E-state index is -4.21. The molecule has 0 spiro atoms. The summed E-state index contributed by atoms with van der Waals surface area (Å²) < 4.78 is 39.8. The van der Waals surface area contributed by atoms with Crippen molar-refractivity contribution in [2.75, 3.05) is 17.2 Å². The summed E-state index contributed by atoms with van der Waals surface area (Å²) >= 11 is 6.43. The maximum absolute atomic E-state index is 12.6. The average Bonchev–Trinajstić information content (AvgIpc) is 3.20. The molecule has 4 aromatic rings. The smallest absolute Gasteiger partial charge is 0.338 e. The van der Waals surface area contributed by atoms with Crippen molar-refractivity contribution in [1.29, 1.82) is 0 Å². The van der Waals surface area contributed by atoms with E-state index in [2.05, 4.69) is 30.9 Å². The first-order valence-electron chi connectivity index (χ1n) is 12.3. The number of fused-ring (bicyclic) bond motifs is 1. The van der Waals surface area contributed by atoms with E-state index in [0.717, 1.165) is 40.3 Å². The van der Waals surface area contributed by atoms with Gasteiger partial charge < -0.3 is 20.5 Å². The number of aryl methyl sites for hydroxylation is 3. The standard InChI is InChI=1S/C27H27ClF3N7/c1-38-13-12-32-25(38)21-4-2-3-5-23(21)36-24-22(28)15-33-26(37-24)35-20-11-7-17-6-9-19(10-8-18(17)14-20)34-16-27(29,30)31/h2-5,7,11-15,19,34H,6,8-10,16H2,1H3,(H2,33,35,36,37). The SMILES string of the molecule is Cn1ccnc1-c1ccccc1Nc1nc(Nc2ccc3c(c2)CCC(NCC(F)(F)F)CC3)ncc1Cl. The Morgan fingerprint density at radius 1 is 1.03 bits per heavy atom. The highest BCUT2D eigenvalue weighted by atomic mass is 35.5. The normalized spacial score (nSPS) is 15.6. The molecule has 0 amide bonds. The molecule has 3 N–H and O–H groups in total. The van der Waals surface area contributed by atoms with Crippen molar-refractivity contribution in [3.63, 3.8) is 0 Å². The van der Waals surface area contributed by atoms with Crippen molar-refractivity contribution in [2.24, 2.45) is 7.05 Å². The van der Waals surface area contributed by atoms with Gasteiger partial charge in [-0.05, 0) is 61.1 Å². The van der Waals surface area contributed by atoms with Crippen LogP contribution in [0.5, 0.6) is 0 Å². The molecule has 0 saturated carbocycles. The van der Waals surface area contributed by atoms with E-state index in [1.165, 1.54) is 6.20 Å². The molecular formula is C27H27ClF3N7. The van der Waals surface area contributed by atoms with Gasteiger partial charge in [-0.1, -0.05) is 29.8 Å². The van der Waals surface area contributed by atoms with Gasteiger partial charge in [-0.15, -0.1) is 0 Å². The van der Waals surface area contributed by atoms with Crippen molar-refractivity contribution in [3.8, 4) is 11.4 Å². The highest BCUT2D eigenvalue weighted by Gasteiger charge is 2.28. The van der Waals surface area contributed by atoms with Crippen molar-refractivity contribution in [2.45, 2.75) is 37.9 Å². The second-order valence-electron chi connectivity index (χ2n) is 9.30. The summed E-state index contributed by atoms with van der Waals surface area (Å²) in [7, 11) is 1.93. The maximum Gasteiger partial charge on any atom is 0.401 e. The lowest BCUT2D eigenvalue weighted by atomic mass is 10.0. The summed E-state index contributed by atoms with van der Waals surface area (Å²) in [6.45, 7) is -0.961. The van der Waals surface area contributed by atoms with E-state index in [9.17, 15) is 13.2 Å². The first-order chi connectivity index (χ1) is 18.2. The first-order valence-corrected chi connectivity index (χ1v) is 12.7. The van der Waals surface area contributed by atoms with Crippen molar-refractivity contribution < 1.29 is 13.2 Å². The number of hydrogen-bond donors (Lipinski definition) is 3. The zero-order valence-corrected chi connectivity index (χ0v) is 21.4. The molecule has 2 aromatic heterocycles. The average molecular weight is 542 g/mol. The number of anilines is 4. The van der Waals surface area contributed by atoms with Crippen molar-refractivity contribution in [3.05, 3.63) is 77.2 Å². The number of imidazole rings is 1. The van der Waals surface area contributed by atoms with E-state index in [1.54, 1.807) is 6.20 Å². The van der Waals surface area contributed by atoms with Crippen LogP contribution in [0, 0.1) is 0 Å². The Bertz CT molecular complexity index is 1420. The zero-order valence-electron chi connectivity index (χ0n) is 20.7. The number of alkyl halides is 3. The van der Waals surface area contributed by atoms with E-state index in [4.69, 9.17) is 11.6 Å². The summed E-state index contributed by atoms with van der Waals surface area (Å²) in [5.41, 5.74) is 4.76. The van der Waals surface area contributed by atoms with Gasteiger partial charge in [0.2, 0.25) is 5.95 Å². The lowest BCUT2D eigenvalue weighted by molar-refractivity contribution is -0.126. The summed E-state index contributed by atoms with van der Waals surface area (Å²) in [6, 6.07) is 13.6. The van der Waals surface area contributed by atoms with Crippen LogP contribution in [-0.4, -0.2) is 38.3 Å². The molecule has 2 heterocycles. The topological polar surface area (TPSA) is 79.7 Å². The second-order valence-corrected chi connectivity index (χ2v) is 9.71. The molecule has 7 nitrogen and oxygen atoms in total. The second kappa shape index (κ2) is 11.0.